The van der Waals surface area contributed by atoms with Gasteiger partial charge < -0.3 is 0 Å². The maximum atomic E-state index is 2.34. The average molecular weight is 160 g/mol. The molecule has 0 aromatic heterocycles. The molecule has 0 fully saturated rings. The number of fused-ring (bicyclic) bond motifs is 1. The molecule has 11 heavy (non-hydrogen) atoms. The van der Waals surface area contributed by atoms with Crippen LogP contribution >= 0.6 is 0 Å². The van der Waals surface area contributed by atoms with Gasteiger partial charge >= 0.3 is 0 Å². The molecular weight excluding hydrogens is 148 g/mol. The molecule has 2 rings (SSSR count). The third kappa shape index (κ3) is 1.16. The van der Waals surface area contributed by atoms with E-state index in [9.17, 15) is 0 Å². The molecule has 1 heterocycles. The van der Waals surface area contributed by atoms with Crippen molar-refractivity contribution in [2.24, 2.45) is 0 Å². The van der Waals surface area contributed by atoms with Gasteiger partial charge in [-0.1, -0.05) is 40.2 Å². The predicted molar refractivity (Wildman–Crippen MR) is 53.0 cm³/mol. The van der Waals surface area contributed by atoms with Gasteiger partial charge in [0.2, 0.25) is 0 Å². The lowest BCUT2D eigenvalue weighted by Gasteiger charge is -1.98. The van der Waals surface area contributed by atoms with E-state index < -0.39 is 0 Å². The molecule has 1 aromatic carbocycles. The summed E-state index contributed by atoms with van der Waals surface area (Å²) in [5.74, 6) is 0. The molecule has 0 N–H and O–H groups in total. The lowest BCUT2D eigenvalue weighted by molar-refractivity contribution is 1.49. The summed E-state index contributed by atoms with van der Waals surface area (Å²) in [4.78, 5) is 0. The van der Waals surface area contributed by atoms with Crippen molar-refractivity contribution in [3.05, 3.63) is 34.5 Å². The highest BCUT2D eigenvalue weighted by molar-refractivity contribution is 6.65. The van der Waals surface area contributed by atoms with Crippen molar-refractivity contribution < 1.29 is 0 Å². The van der Waals surface area contributed by atoms with Gasteiger partial charge in [0.25, 0.3) is 0 Å². The SMILES string of the molecule is CC1=Cc2ccc(C)cc2[SiH2]1. The van der Waals surface area contributed by atoms with Gasteiger partial charge in [0, 0.05) is 0 Å². The molecule has 0 radical (unpaired) electrons. The first-order valence-electron chi connectivity index (χ1n) is 4.02. The summed E-state index contributed by atoms with van der Waals surface area (Å²) in [5, 5.41) is 3.24. The van der Waals surface area contributed by atoms with E-state index >= 15 is 0 Å². The Morgan fingerprint density at radius 3 is 2.82 bits per heavy atom. The van der Waals surface area contributed by atoms with Crippen LogP contribution in [0.3, 0.4) is 0 Å². The molecule has 0 atom stereocenters. The van der Waals surface area contributed by atoms with Gasteiger partial charge in [-0.2, -0.15) is 0 Å². The minimum absolute atomic E-state index is 0.0443. The van der Waals surface area contributed by atoms with Crippen molar-refractivity contribution in [2.45, 2.75) is 13.8 Å². The Morgan fingerprint density at radius 1 is 1.18 bits per heavy atom. The van der Waals surface area contributed by atoms with Crippen LogP contribution in [0.1, 0.15) is 18.1 Å². The van der Waals surface area contributed by atoms with Crippen molar-refractivity contribution >= 4 is 20.8 Å². The van der Waals surface area contributed by atoms with E-state index in [1.165, 1.54) is 11.1 Å². The monoisotopic (exact) mass is 160 g/mol. The first-order chi connectivity index (χ1) is 5.25. The van der Waals surface area contributed by atoms with Gasteiger partial charge in [-0.05, 0) is 19.4 Å². The van der Waals surface area contributed by atoms with Gasteiger partial charge in [-0.3, -0.25) is 0 Å². The molecule has 0 aliphatic carbocycles. The lowest BCUT2D eigenvalue weighted by atomic mass is 10.1. The summed E-state index contributed by atoms with van der Waals surface area (Å²) in [6, 6.07) is 6.78. The number of benzene rings is 1. The predicted octanol–water partition coefficient (Wildman–Crippen LogP) is 1.16. The van der Waals surface area contributed by atoms with Crippen LogP contribution in [0, 0.1) is 6.92 Å². The second-order valence-corrected chi connectivity index (χ2v) is 5.60. The molecule has 0 amide bonds. The van der Waals surface area contributed by atoms with Crippen molar-refractivity contribution in [1.82, 2.24) is 0 Å². The fourth-order valence-corrected chi connectivity index (χ4v) is 3.42. The third-order valence-corrected chi connectivity index (χ3v) is 3.92. The quantitative estimate of drug-likeness (QED) is 0.500. The van der Waals surface area contributed by atoms with E-state index in [0.29, 0.717) is 0 Å². The van der Waals surface area contributed by atoms with Gasteiger partial charge in [0.1, 0.15) is 0 Å². The van der Waals surface area contributed by atoms with Gasteiger partial charge in [-0.25, -0.2) is 0 Å². The topological polar surface area (TPSA) is 0 Å². The van der Waals surface area contributed by atoms with Crippen molar-refractivity contribution in [3.63, 3.8) is 0 Å². The van der Waals surface area contributed by atoms with E-state index in [0.717, 1.165) is 0 Å². The molecule has 56 valence electrons. The van der Waals surface area contributed by atoms with Crippen LogP contribution in [-0.4, -0.2) is 9.52 Å². The molecule has 0 saturated heterocycles. The Labute approximate surface area is 69.8 Å². The maximum absolute atomic E-state index is 2.34. The standard InChI is InChI=1S/C10H12Si/c1-7-3-4-9-6-8(2)11-10(9)5-7/h3-6H,11H2,1-2H3. The van der Waals surface area contributed by atoms with Crippen LogP contribution in [0.25, 0.3) is 6.08 Å². The van der Waals surface area contributed by atoms with E-state index in [1.54, 1.807) is 10.4 Å². The zero-order valence-corrected chi connectivity index (χ0v) is 8.43. The molecule has 0 spiro atoms. The fraction of sp³-hybridized carbons (Fsp3) is 0.200. The molecular formula is C10H12Si. The molecule has 1 aromatic rings. The Balaban J connectivity index is 2.52. The van der Waals surface area contributed by atoms with Crippen LogP contribution in [-0.2, 0) is 0 Å². The van der Waals surface area contributed by atoms with Crippen molar-refractivity contribution in [1.29, 1.82) is 0 Å². The summed E-state index contributed by atoms with van der Waals surface area (Å²) in [6.07, 6.45) is 2.33. The summed E-state index contributed by atoms with van der Waals surface area (Å²) < 4.78 is 0. The van der Waals surface area contributed by atoms with Crippen LogP contribution in [0.5, 0.6) is 0 Å². The summed E-state index contributed by atoms with van der Waals surface area (Å²) in [6.45, 7) is 4.42. The lowest BCUT2D eigenvalue weighted by Crippen LogP contribution is -2.12. The van der Waals surface area contributed by atoms with E-state index in [2.05, 4.69) is 38.1 Å². The molecule has 1 heteroatoms. The van der Waals surface area contributed by atoms with Crippen LogP contribution in [0.15, 0.2) is 23.4 Å². The highest BCUT2D eigenvalue weighted by atomic mass is 28.2. The zero-order valence-electron chi connectivity index (χ0n) is 7.02. The Kier molecular flexibility index (Phi) is 1.46. The number of hydrogen-bond donors (Lipinski definition) is 0. The highest BCUT2D eigenvalue weighted by Crippen LogP contribution is 2.12. The molecule has 0 bridgehead atoms. The van der Waals surface area contributed by atoms with Crippen LogP contribution in [0.2, 0.25) is 0 Å². The van der Waals surface area contributed by atoms with Crippen molar-refractivity contribution in [3.8, 4) is 0 Å². The maximum Gasteiger partial charge on any atom is 0.0828 e. The van der Waals surface area contributed by atoms with Crippen molar-refractivity contribution in [2.75, 3.05) is 0 Å². The number of allylic oxidation sites excluding steroid dienone is 1. The average Bonchev–Trinajstić information content (AvgIpc) is 2.27. The molecule has 0 nitrogen and oxygen atoms in total. The number of rotatable bonds is 0. The highest BCUT2D eigenvalue weighted by Gasteiger charge is 2.08. The van der Waals surface area contributed by atoms with E-state index in [-0.39, 0.29) is 9.52 Å². The third-order valence-electron chi connectivity index (χ3n) is 2.17. The first-order valence-corrected chi connectivity index (χ1v) is 5.44. The largest absolute Gasteiger partial charge is 0.0850 e. The number of hydrogen-bond acceptors (Lipinski definition) is 0. The number of aryl methyl sites for hydroxylation is 1. The molecule has 0 unspecified atom stereocenters. The molecule has 1 aliphatic rings. The van der Waals surface area contributed by atoms with Crippen LogP contribution < -0.4 is 5.19 Å². The normalized spacial score (nSPS) is 16.7. The van der Waals surface area contributed by atoms with E-state index in [4.69, 9.17) is 0 Å². The summed E-state index contributed by atoms with van der Waals surface area (Å²) in [5.41, 5.74) is 2.87. The summed E-state index contributed by atoms with van der Waals surface area (Å²) >= 11 is 0. The smallest absolute Gasteiger partial charge is 0.0828 e. The Hall–Kier alpha value is -0.823. The minimum atomic E-state index is -0.0443. The molecule has 1 aliphatic heterocycles. The first kappa shape index (κ1) is 6.86. The summed E-state index contributed by atoms with van der Waals surface area (Å²) in [7, 11) is -0.0443. The van der Waals surface area contributed by atoms with Gasteiger partial charge in [0.15, 0.2) is 0 Å². The van der Waals surface area contributed by atoms with Gasteiger partial charge in [0.05, 0.1) is 9.52 Å². The van der Waals surface area contributed by atoms with Crippen LogP contribution in [0.4, 0.5) is 0 Å². The Morgan fingerprint density at radius 2 is 2.00 bits per heavy atom. The Bertz CT molecular complexity index is 324. The minimum Gasteiger partial charge on any atom is -0.0850 e. The second kappa shape index (κ2) is 2.34. The molecule has 0 saturated carbocycles. The second-order valence-electron chi connectivity index (χ2n) is 3.37. The van der Waals surface area contributed by atoms with Gasteiger partial charge in [-0.15, -0.1) is 0 Å². The fourth-order valence-electron chi connectivity index (χ4n) is 1.65. The van der Waals surface area contributed by atoms with E-state index in [1.807, 2.05) is 0 Å². The zero-order chi connectivity index (χ0) is 7.84.